The lowest BCUT2D eigenvalue weighted by molar-refractivity contribution is -0.0700. The summed E-state index contributed by atoms with van der Waals surface area (Å²) in [6.45, 7) is -0.640. The van der Waals surface area contributed by atoms with E-state index in [1.165, 1.54) is 0 Å². The van der Waals surface area contributed by atoms with Gasteiger partial charge in [0.1, 0.15) is 30.0 Å². The molecule has 0 bridgehead atoms. The predicted octanol–water partition coefficient (Wildman–Crippen LogP) is 1.67. The first-order valence-electron chi connectivity index (χ1n) is 12.8. The third-order valence-electron chi connectivity index (χ3n) is 7.37. The van der Waals surface area contributed by atoms with Crippen LogP contribution in [0.5, 0.6) is 0 Å². The molecule has 4 N–H and O–H groups in total. The molecular formula is C31H27IN2O7. The van der Waals surface area contributed by atoms with E-state index in [1.807, 2.05) is 18.2 Å². The molecule has 210 valence electrons. The lowest BCUT2D eigenvalue weighted by atomic mass is 9.76. The number of ether oxygens (including phenoxy) is 1. The Hall–Kier alpha value is -3.57. The smallest absolute Gasteiger partial charge is 0.335 e. The molecule has 1 fully saturated rings. The highest BCUT2D eigenvalue weighted by Gasteiger charge is 2.55. The quantitative estimate of drug-likeness (QED) is 0.102. The van der Waals surface area contributed by atoms with Gasteiger partial charge in [-0.3, -0.25) is 9.36 Å². The van der Waals surface area contributed by atoms with Gasteiger partial charge in [0.25, 0.3) is 5.56 Å². The molecule has 9 nitrogen and oxygen atoms in total. The van der Waals surface area contributed by atoms with E-state index >= 15 is 0 Å². The molecule has 4 aromatic rings. The summed E-state index contributed by atoms with van der Waals surface area (Å²) in [5, 5.41) is 42.2. The van der Waals surface area contributed by atoms with E-state index in [2.05, 4.69) is 5.92 Å². The van der Waals surface area contributed by atoms with E-state index in [-0.39, 0.29) is 5.56 Å². The molecule has 1 aliphatic heterocycles. The minimum atomic E-state index is -1.98. The number of hydrogen-bond acceptors (Lipinski definition) is 7. The zero-order valence-electron chi connectivity index (χ0n) is 21.6. The number of aliphatic hydroxyl groups is 4. The van der Waals surface area contributed by atoms with Crippen LogP contribution in [-0.2, 0) is 14.0 Å². The van der Waals surface area contributed by atoms with Gasteiger partial charge in [-0.15, -0.1) is 6.42 Å². The first kappa shape index (κ1) is 28.9. The van der Waals surface area contributed by atoms with Gasteiger partial charge in [0, 0.05) is 6.20 Å². The minimum Gasteiger partial charge on any atom is -0.394 e. The van der Waals surface area contributed by atoms with E-state index in [0.29, 0.717) is 16.7 Å². The molecule has 0 aliphatic carbocycles. The van der Waals surface area contributed by atoms with Crippen LogP contribution in [0.4, 0.5) is 0 Å². The van der Waals surface area contributed by atoms with Crippen LogP contribution >= 0.6 is 22.6 Å². The van der Waals surface area contributed by atoms with Gasteiger partial charge in [0.2, 0.25) is 3.73 Å². The Kier molecular flexibility index (Phi) is 8.02. The van der Waals surface area contributed by atoms with Crippen LogP contribution in [0.25, 0.3) is 0 Å². The van der Waals surface area contributed by atoms with Gasteiger partial charge in [0.05, 0.1) is 12.2 Å². The summed E-state index contributed by atoms with van der Waals surface area (Å²) in [6, 6.07) is 26.8. The molecule has 1 aliphatic rings. The number of benzene rings is 3. The number of alkyl halides is 1. The van der Waals surface area contributed by atoms with Crippen LogP contribution < -0.4 is 11.2 Å². The molecule has 0 spiro atoms. The van der Waals surface area contributed by atoms with Gasteiger partial charge in [-0.25, -0.2) is 9.36 Å². The topological polar surface area (TPSA) is 134 Å². The second-order valence-electron chi connectivity index (χ2n) is 9.64. The number of halogens is 1. The fourth-order valence-electron chi connectivity index (χ4n) is 5.40. The second kappa shape index (κ2) is 11.4. The molecule has 0 amide bonds. The summed E-state index contributed by atoms with van der Waals surface area (Å²) in [5.41, 5.74) is -2.03. The number of aliphatic hydroxyl groups excluding tert-OH is 4. The highest BCUT2D eigenvalue weighted by Crippen LogP contribution is 2.42. The Labute approximate surface area is 249 Å². The first-order valence-corrected chi connectivity index (χ1v) is 13.8. The Morgan fingerprint density at radius 2 is 1.39 bits per heavy atom. The van der Waals surface area contributed by atoms with Crippen molar-refractivity contribution in [2.75, 3.05) is 6.61 Å². The van der Waals surface area contributed by atoms with E-state index < -0.39 is 51.5 Å². The SMILES string of the molecule is C#CC(O)c1cn([C@]2(I)O[C@H](CO)[C@@H](O)[C@H]2O)c(=O)n(C(c2ccccc2)(c2ccccc2)c2ccccc2)c1=O. The van der Waals surface area contributed by atoms with Crippen molar-refractivity contribution in [3.63, 3.8) is 0 Å². The van der Waals surface area contributed by atoms with Crippen molar-refractivity contribution >= 4 is 22.6 Å². The number of aromatic nitrogens is 2. The Balaban J connectivity index is 2.00. The molecule has 2 heterocycles. The van der Waals surface area contributed by atoms with Gasteiger partial charge in [-0.1, -0.05) is 96.9 Å². The molecule has 1 aromatic heterocycles. The maximum atomic E-state index is 14.7. The lowest BCUT2D eigenvalue weighted by Crippen LogP contribution is -2.58. The van der Waals surface area contributed by atoms with E-state index in [4.69, 9.17) is 11.2 Å². The second-order valence-corrected chi connectivity index (χ2v) is 11.2. The first-order chi connectivity index (χ1) is 19.7. The maximum absolute atomic E-state index is 14.7. The number of terminal acetylenes is 1. The fraction of sp³-hybridized carbons (Fsp3) is 0.226. The normalized spacial score (nSPS) is 23.2. The molecule has 5 atom stereocenters. The Morgan fingerprint density at radius 3 is 1.78 bits per heavy atom. The fourth-order valence-corrected chi connectivity index (χ4v) is 6.44. The lowest BCUT2D eigenvalue weighted by Gasteiger charge is -2.39. The van der Waals surface area contributed by atoms with Crippen LogP contribution in [0.2, 0.25) is 0 Å². The summed E-state index contributed by atoms with van der Waals surface area (Å²) in [6.07, 6.45) is 0.390. The molecule has 10 heteroatoms. The van der Waals surface area contributed by atoms with Gasteiger partial charge in [-0.05, 0) is 39.3 Å². The van der Waals surface area contributed by atoms with Crippen molar-refractivity contribution in [2.45, 2.75) is 33.7 Å². The zero-order valence-corrected chi connectivity index (χ0v) is 23.8. The van der Waals surface area contributed by atoms with Gasteiger partial charge in [0.15, 0.2) is 0 Å². The molecule has 1 saturated heterocycles. The third kappa shape index (κ3) is 4.55. The van der Waals surface area contributed by atoms with E-state index in [9.17, 15) is 30.0 Å². The van der Waals surface area contributed by atoms with Crippen LogP contribution in [0.15, 0.2) is 107 Å². The van der Waals surface area contributed by atoms with Crippen molar-refractivity contribution in [1.29, 1.82) is 0 Å². The summed E-state index contributed by atoms with van der Waals surface area (Å²) < 4.78 is 5.80. The molecule has 1 unspecified atom stereocenters. The monoisotopic (exact) mass is 666 g/mol. The summed E-state index contributed by atoms with van der Waals surface area (Å²) in [5.74, 6) is 2.14. The van der Waals surface area contributed by atoms with Crippen molar-refractivity contribution in [2.24, 2.45) is 0 Å². The highest BCUT2D eigenvalue weighted by atomic mass is 127. The van der Waals surface area contributed by atoms with Gasteiger partial charge >= 0.3 is 5.69 Å². The molecule has 41 heavy (non-hydrogen) atoms. The summed E-state index contributed by atoms with van der Waals surface area (Å²) in [4.78, 5) is 29.1. The minimum absolute atomic E-state index is 0.326. The molecule has 3 aromatic carbocycles. The highest BCUT2D eigenvalue weighted by molar-refractivity contribution is 14.1. The molecule has 0 radical (unpaired) electrons. The van der Waals surface area contributed by atoms with Crippen molar-refractivity contribution < 1.29 is 25.2 Å². The number of hydrogen-bond donors (Lipinski definition) is 4. The average Bonchev–Trinajstić information content (AvgIpc) is 3.24. The van der Waals surface area contributed by atoms with Gasteiger partial charge in [-0.2, -0.15) is 0 Å². The largest absolute Gasteiger partial charge is 0.394 e. The van der Waals surface area contributed by atoms with Crippen LogP contribution in [0, 0.1) is 12.3 Å². The zero-order chi connectivity index (χ0) is 29.4. The van der Waals surface area contributed by atoms with Crippen molar-refractivity contribution in [1.82, 2.24) is 9.13 Å². The standard InChI is InChI=1S/C31H27IN2O7/c1-2-24(36)23-18-33(31(32)27(38)26(37)25(19-35)41-31)29(40)34(28(23)39)30(20-12-6-3-7-13-20,21-14-8-4-9-15-21)22-16-10-5-11-17-22/h1,3-18,24-27,35-38H,19H2/t24?,25-,26-,27-,31+/m1/s1. The summed E-state index contributed by atoms with van der Waals surface area (Å²) >= 11 is 1.66. The maximum Gasteiger partial charge on any atom is 0.335 e. The van der Waals surface area contributed by atoms with E-state index in [1.54, 1.807) is 95.4 Å². The van der Waals surface area contributed by atoms with Crippen molar-refractivity contribution in [3.05, 3.63) is 140 Å². The average molecular weight is 666 g/mol. The Bertz CT molecular complexity index is 1590. The van der Waals surface area contributed by atoms with E-state index in [0.717, 1.165) is 15.3 Å². The van der Waals surface area contributed by atoms with Crippen LogP contribution in [0.3, 0.4) is 0 Å². The number of nitrogens with zero attached hydrogens (tertiary/aromatic N) is 2. The van der Waals surface area contributed by atoms with Crippen LogP contribution in [0.1, 0.15) is 28.4 Å². The number of rotatable bonds is 7. The molecule has 5 rings (SSSR count). The third-order valence-corrected chi connectivity index (χ3v) is 8.78. The predicted molar refractivity (Wildman–Crippen MR) is 159 cm³/mol. The van der Waals surface area contributed by atoms with Crippen LogP contribution in [-0.4, -0.2) is 54.5 Å². The van der Waals surface area contributed by atoms with Crippen molar-refractivity contribution in [3.8, 4) is 12.3 Å². The summed E-state index contributed by atoms with van der Waals surface area (Å²) in [7, 11) is 0. The van der Waals surface area contributed by atoms with Gasteiger partial charge < -0.3 is 25.2 Å². The Morgan fingerprint density at radius 1 is 0.927 bits per heavy atom. The molecule has 0 saturated carbocycles. The molecular weight excluding hydrogens is 639 g/mol.